The van der Waals surface area contributed by atoms with Crippen LogP contribution in [0.1, 0.15) is 74.1 Å². The van der Waals surface area contributed by atoms with Crippen LogP contribution in [0.15, 0.2) is 69.5 Å². The van der Waals surface area contributed by atoms with Crippen LogP contribution >= 0.6 is 19.9 Å². The number of halogens is 1. The first kappa shape index (κ1) is 35.8. The van der Waals surface area contributed by atoms with Crippen molar-refractivity contribution in [1.82, 2.24) is 20.3 Å². The quantitative estimate of drug-likeness (QED) is 0.121. The van der Waals surface area contributed by atoms with Crippen molar-refractivity contribution in [3.63, 3.8) is 0 Å². The molecule has 4 N–H and O–H groups in total. The second-order valence-electron chi connectivity index (χ2n) is 16.0. The molecule has 4 aliphatic heterocycles. The summed E-state index contributed by atoms with van der Waals surface area (Å²) >= 11 is 7.08. The Morgan fingerprint density at radius 3 is 2.63 bits per heavy atom. The summed E-state index contributed by atoms with van der Waals surface area (Å²) in [5.41, 5.74) is 5.71. The number of furan rings is 1. The zero-order chi connectivity index (χ0) is 39.7. The van der Waals surface area contributed by atoms with Crippen LogP contribution in [0.25, 0.3) is 44.8 Å². The number of nitrogens with zero attached hydrogens (tertiary/aromatic N) is 2. The molecule has 57 heavy (non-hydrogen) atoms. The number of carbonyl (C=O) groups excluding carboxylic acids is 2. The van der Waals surface area contributed by atoms with Gasteiger partial charge in [-0.2, -0.15) is 0 Å². The van der Waals surface area contributed by atoms with E-state index in [2.05, 4.69) is 22.0 Å². The smallest absolute Gasteiger partial charge is 0.469 e. The Morgan fingerprint density at radius 2 is 1.86 bits per heavy atom. The number of oxazole rings is 1. The van der Waals surface area contributed by atoms with Crippen molar-refractivity contribution in [2.75, 3.05) is 5.32 Å². The van der Waals surface area contributed by atoms with Crippen molar-refractivity contribution >= 4 is 48.3 Å². The zero-order valence-electron chi connectivity index (χ0n) is 31.6. The van der Waals surface area contributed by atoms with Gasteiger partial charge in [-0.25, -0.2) is 4.98 Å². The molecule has 10 bridgehead atoms. The minimum Gasteiger partial charge on any atom is -0.469 e. The molecule has 0 fully saturated rings. The first-order valence-corrected chi connectivity index (χ1v) is 20.5. The summed E-state index contributed by atoms with van der Waals surface area (Å²) in [4.78, 5) is 42.4. The lowest BCUT2D eigenvalue weighted by Gasteiger charge is -2.29. The van der Waals surface area contributed by atoms with Gasteiger partial charge in [0.25, 0.3) is 0 Å². The molecule has 4 aliphatic rings. The third-order valence-electron chi connectivity index (χ3n) is 11.5. The van der Waals surface area contributed by atoms with Gasteiger partial charge in [-0.15, -0.1) is 14.2 Å². The molecular weight excluding hydrogens is 769 g/mol. The van der Waals surface area contributed by atoms with E-state index in [1.807, 2.05) is 83.1 Å². The third kappa shape index (κ3) is 5.15. The van der Waals surface area contributed by atoms with Crippen LogP contribution in [0.5, 0.6) is 5.75 Å². The fraction of sp³-hybridized carbons (Fsp3) is 0.310. The Kier molecular flexibility index (Phi) is 7.97. The predicted molar refractivity (Wildman–Crippen MR) is 212 cm³/mol. The lowest BCUT2D eigenvalue weighted by Crippen LogP contribution is -2.49. The highest BCUT2D eigenvalue weighted by Gasteiger charge is 2.61. The van der Waals surface area contributed by atoms with Crippen LogP contribution in [0.4, 0.5) is 5.69 Å². The molecule has 4 unspecified atom stereocenters. The minimum atomic E-state index is -3.09. The van der Waals surface area contributed by atoms with Crippen molar-refractivity contribution in [2.24, 2.45) is 11.8 Å². The normalized spacial score (nSPS) is 21.3. The number of carbonyl (C=O) groups is 2. The third-order valence-corrected chi connectivity index (χ3v) is 12.2. The number of hydrogen-bond acceptors (Lipinski definition) is 9. The molecule has 290 valence electrons. The Hall–Kier alpha value is -5.62. The van der Waals surface area contributed by atoms with Gasteiger partial charge in [0.05, 0.1) is 28.4 Å². The molecule has 7 heterocycles. The van der Waals surface area contributed by atoms with Gasteiger partial charge < -0.3 is 29.5 Å². The van der Waals surface area contributed by atoms with E-state index in [0.29, 0.717) is 50.8 Å². The van der Waals surface area contributed by atoms with E-state index in [1.165, 1.54) is 0 Å². The van der Waals surface area contributed by atoms with E-state index in [1.54, 1.807) is 6.07 Å². The maximum absolute atomic E-state index is 14.3. The van der Waals surface area contributed by atoms with Crippen LogP contribution in [-0.4, -0.2) is 38.7 Å². The average Bonchev–Trinajstić information content (AvgIpc) is 3.95. The van der Waals surface area contributed by atoms with Gasteiger partial charge in [-0.05, 0) is 53.6 Å². The highest BCUT2D eigenvalue weighted by molar-refractivity contribution is 7.32. The SMILES string of the molecule is Cc1nc2oc1-c1c(Cl)n(O[P+](=O)O)c3cccc(c13)-c1cccc3c1NC1Oc4ccc5cc4C31c1oc(cc1-2)C(C(C)C)NC(=O)[C@@H](NC(=O)CC(C)C)C5. The molecule has 10 rings (SSSR count). The van der Waals surface area contributed by atoms with E-state index in [0.717, 1.165) is 38.2 Å². The molecule has 2 amide bonds. The van der Waals surface area contributed by atoms with Gasteiger partial charge >= 0.3 is 8.25 Å². The molecule has 3 aromatic heterocycles. The molecule has 6 aromatic rings. The molecule has 0 radical (unpaired) electrons. The number of fused-ring (bicyclic) bond motifs is 7. The van der Waals surface area contributed by atoms with E-state index in [-0.39, 0.29) is 47.5 Å². The summed E-state index contributed by atoms with van der Waals surface area (Å²) in [5.74, 6) is 1.64. The molecule has 1 spiro atoms. The topological polar surface area (TPSA) is 170 Å². The highest BCUT2D eigenvalue weighted by atomic mass is 35.5. The number of rotatable bonds is 6. The van der Waals surface area contributed by atoms with Gasteiger partial charge in [0.15, 0.2) is 17.1 Å². The number of aromatic nitrogens is 2. The average molecular weight is 807 g/mol. The fourth-order valence-corrected chi connectivity index (χ4v) is 9.83. The number of aryl methyl sites for hydroxylation is 1. The predicted octanol–water partition coefficient (Wildman–Crippen LogP) is 7.96. The van der Waals surface area contributed by atoms with Crippen LogP contribution in [0.3, 0.4) is 0 Å². The molecule has 5 atom stereocenters. The van der Waals surface area contributed by atoms with Gasteiger partial charge in [-0.3, -0.25) is 9.59 Å². The largest absolute Gasteiger partial charge is 0.768 e. The molecule has 0 saturated carbocycles. The molecular formula is C42H38ClN5O8P+. The fourth-order valence-electron chi connectivity index (χ4n) is 9.16. The van der Waals surface area contributed by atoms with E-state index < -0.39 is 32.0 Å². The molecule has 15 heteroatoms. The van der Waals surface area contributed by atoms with Gasteiger partial charge in [0, 0.05) is 39.6 Å². The number of hydrogen-bond donors (Lipinski definition) is 4. The van der Waals surface area contributed by atoms with Gasteiger partial charge in [-0.1, -0.05) is 81.8 Å². The molecule has 0 saturated heterocycles. The van der Waals surface area contributed by atoms with Crippen molar-refractivity contribution in [2.45, 2.75) is 71.2 Å². The summed E-state index contributed by atoms with van der Waals surface area (Å²) in [6, 6.07) is 17.9. The number of benzene rings is 3. The lowest BCUT2D eigenvalue weighted by molar-refractivity contribution is -0.130. The van der Waals surface area contributed by atoms with Crippen LogP contribution in [0.2, 0.25) is 5.15 Å². The Labute approximate surface area is 332 Å². The van der Waals surface area contributed by atoms with E-state index in [4.69, 9.17) is 34.8 Å². The first-order chi connectivity index (χ1) is 27.3. The summed E-state index contributed by atoms with van der Waals surface area (Å²) < 4.78 is 39.5. The second-order valence-corrected chi connectivity index (χ2v) is 17.0. The van der Waals surface area contributed by atoms with E-state index >= 15 is 0 Å². The van der Waals surface area contributed by atoms with Crippen molar-refractivity contribution in [3.05, 3.63) is 99.7 Å². The second kappa shape index (κ2) is 12.7. The van der Waals surface area contributed by atoms with Crippen molar-refractivity contribution in [3.8, 4) is 39.7 Å². The first-order valence-electron chi connectivity index (χ1n) is 18.9. The summed E-state index contributed by atoms with van der Waals surface area (Å²) in [5, 5.41) is 10.6. The van der Waals surface area contributed by atoms with Crippen molar-refractivity contribution in [1.29, 1.82) is 0 Å². The van der Waals surface area contributed by atoms with Gasteiger partial charge in [0.1, 0.15) is 28.7 Å². The maximum atomic E-state index is 14.3. The lowest BCUT2D eigenvalue weighted by atomic mass is 9.71. The van der Waals surface area contributed by atoms with Crippen LogP contribution in [-0.2, 0) is 26.0 Å². The molecule has 3 aromatic carbocycles. The summed E-state index contributed by atoms with van der Waals surface area (Å²) in [6.45, 7) is 9.74. The molecule has 0 aliphatic carbocycles. The summed E-state index contributed by atoms with van der Waals surface area (Å²) in [7, 11) is -3.09. The van der Waals surface area contributed by atoms with Crippen molar-refractivity contribution < 1.29 is 37.2 Å². The maximum Gasteiger partial charge on any atom is 0.768 e. The van der Waals surface area contributed by atoms with E-state index in [9.17, 15) is 19.0 Å². The monoisotopic (exact) mass is 806 g/mol. The minimum absolute atomic E-state index is 0.0282. The standard InChI is InChI=1S/C42H37ClN5O8P/c1-18(2)14-31(49)45-27-16-21-12-13-29-26(15-21)42-25-10-6-9-23(35(25)47-41(42)54-29)22-8-7-11-28-32(22)33(38(43)48(28)56-57(51)52)36-20(5)44-40(55-36)24-17-30(53-37(24)42)34(19(3)4)46-39(27)50/h6-13,15,17-19,27,34,41,47H,14,16H2,1-5H3,(H2-,45,46,49,50,51,52)/p+1/t27-,34?,41?,42?/m0/s1. The number of anilines is 1. The van der Waals surface area contributed by atoms with Crippen LogP contribution in [0, 0.1) is 18.8 Å². The number of nitrogens with one attached hydrogen (secondary N) is 3. The van der Waals surface area contributed by atoms with Gasteiger partial charge in [0.2, 0.25) is 17.7 Å². The number of para-hydroxylation sites is 1. The number of ether oxygens (including phenoxy) is 1. The Morgan fingerprint density at radius 1 is 1.07 bits per heavy atom. The molecule has 13 nitrogen and oxygen atoms in total. The zero-order valence-corrected chi connectivity index (χ0v) is 33.2. The summed E-state index contributed by atoms with van der Waals surface area (Å²) in [6.07, 6.45) is -0.169. The Balaban J connectivity index is 1.31. The number of amides is 2. The Bertz CT molecular complexity index is 2730. The highest BCUT2D eigenvalue weighted by Crippen LogP contribution is 2.62. The van der Waals surface area contributed by atoms with Crippen LogP contribution < -0.4 is 25.3 Å².